The third-order valence-electron chi connectivity index (χ3n) is 6.50. The lowest BCUT2D eigenvalue weighted by Gasteiger charge is -2.34. The molecule has 176 valence electrons. The number of halogens is 2. The number of urea groups is 1. The van der Waals surface area contributed by atoms with Gasteiger partial charge in [-0.2, -0.15) is 0 Å². The van der Waals surface area contributed by atoms with E-state index >= 15 is 0 Å². The highest BCUT2D eigenvalue weighted by molar-refractivity contribution is 5.77. The summed E-state index contributed by atoms with van der Waals surface area (Å²) >= 11 is 0. The Bertz CT molecular complexity index is 900. The van der Waals surface area contributed by atoms with Gasteiger partial charge in [0.1, 0.15) is 0 Å². The number of anilines is 1. The van der Waals surface area contributed by atoms with Crippen LogP contribution in [-0.4, -0.2) is 78.1 Å². The number of aromatic nitrogens is 1. The van der Waals surface area contributed by atoms with E-state index in [0.29, 0.717) is 67.0 Å². The third kappa shape index (κ3) is 4.90. The highest BCUT2D eigenvalue weighted by Gasteiger charge is 2.36. The molecule has 1 aliphatic carbocycles. The van der Waals surface area contributed by atoms with E-state index in [1.165, 1.54) is 17.9 Å². The molecule has 2 aliphatic heterocycles. The number of aryl methyl sites for hydroxylation is 1. The number of piperidine rings is 1. The molecule has 4 N–H and O–H groups in total. The van der Waals surface area contributed by atoms with Crippen molar-refractivity contribution in [1.82, 2.24) is 19.8 Å². The molecule has 2 saturated heterocycles. The van der Waals surface area contributed by atoms with Gasteiger partial charge in [0, 0.05) is 39.6 Å². The molecule has 2 amide bonds. The number of nitrogens with two attached hydrogens (primary N) is 2. The average molecular weight is 450 g/mol. The summed E-state index contributed by atoms with van der Waals surface area (Å²) in [6, 6.07) is 3.53. The van der Waals surface area contributed by atoms with Crippen molar-refractivity contribution in [2.75, 3.05) is 51.2 Å². The lowest BCUT2D eigenvalue weighted by atomic mass is 10.1. The van der Waals surface area contributed by atoms with Crippen molar-refractivity contribution in [3.05, 3.63) is 29.2 Å². The van der Waals surface area contributed by atoms with Crippen molar-refractivity contribution in [3.8, 4) is 0 Å². The summed E-state index contributed by atoms with van der Waals surface area (Å²) in [5, 5.41) is 1.42. The van der Waals surface area contributed by atoms with Gasteiger partial charge in [-0.3, -0.25) is 0 Å². The normalized spacial score (nSPS) is 21.8. The van der Waals surface area contributed by atoms with Gasteiger partial charge in [-0.25, -0.2) is 24.4 Å². The standard InChI is InChI=1S/C22H33F2N7O/c1-15-18(31-9-3-8-22(23,24)14-31)7-6-17(27-15)20(25)19(28(2)26)13-30-11-10-29(21(30)32)12-16-4-5-16/h6-7,16H,3-5,8-14,25-26H2,1-2H3/b20-19-. The minimum Gasteiger partial charge on any atom is -0.395 e. The van der Waals surface area contributed by atoms with E-state index in [2.05, 4.69) is 4.98 Å². The van der Waals surface area contributed by atoms with E-state index in [0.717, 1.165) is 6.54 Å². The number of likely N-dealkylation sites (N-methyl/N-ethyl adjacent to an activating group) is 1. The zero-order chi connectivity index (χ0) is 23.0. The van der Waals surface area contributed by atoms with Crippen molar-refractivity contribution in [2.45, 2.75) is 38.5 Å². The Morgan fingerprint density at radius 2 is 1.97 bits per heavy atom. The van der Waals surface area contributed by atoms with Crippen molar-refractivity contribution in [1.29, 1.82) is 0 Å². The van der Waals surface area contributed by atoms with Crippen LogP contribution in [0.5, 0.6) is 0 Å². The third-order valence-corrected chi connectivity index (χ3v) is 6.50. The summed E-state index contributed by atoms with van der Waals surface area (Å²) in [5.41, 5.74) is 9.25. The first-order valence-corrected chi connectivity index (χ1v) is 11.3. The van der Waals surface area contributed by atoms with Gasteiger partial charge in [0.05, 0.1) is 41.6 Å². The fourth-order valence-corrected chi connectivity index (χ4v) is 4.49. The van der Waals surface area contributed by atoms with E-state index in [9.17, 15) is 13.6 Å². The number of carbonyl (C=O) groups excluding carboxylic acids is 1. The topological polar surface area (TPSA) is 95.0 Å². The van der Waals surface area contributed by atoms with Crippen LogP contribution in [0.4, 0.5) is 19.3 Å². The van der Waals surface area contributed by atoms with Crippen LogP contribution in [0.1, 0.15) is 37.1 Å². The molecule has 1 saturated carbocycles. The number of hydrogen-bond donors (Lipinski definition) is 2. The first kappa shape index (κ1) is 22.6. The molecule has 1 aromatic rings. The molecule has 3 heterocycles. The molecule has 0 unspecified atom stereocenters. The number of pyridine rings is 1. The molecule has 3 aliphatic rings. The summed E-state index contributed by atoms with van der Waals surface area (Å²) in [6.07, 6.45) is 2.76. The highest BCUT2D eigenvalue weighted by atomic mass is 19.3. The lowest BCUT2D eigenvalue weighted by Crippen LogP contribution is -2.43. The second kappa shape index (κ2) is 8.73. The molecular weight excluding hydrogens is 416 g/mol. The van der Waals surface area contributed by atoms with Crippen LogP contribution in [0.25, 0.3) is 5.70 Å². The predicted octanol–water partition coefficient (Wildman–Crippen LogP) is 2.21. The van der Waals surface area contributed by atoms with Crippen LogP contribution >= 0.6 is 0 Å². The summed E-state index contributed by atoms with van der Waals surface area (Å²) in [6.45, 7) is 4.53. The maximum Gasteiger partial charge on any atom is 0.320 e. The molecule has 32 heavy (non-hydrogen) atoms. The van der Waals surface area contributed by atoms with Crippen LogP contribution in [0.2, 0.25) is 0 Å². The Balaban J connectivity index is 1.51. The summed E-state index contributed by atoms with van der Waals surface area (Å²) < 4.78 is 27.7. The second-order valence-corrected chi connectivity index (χ2v) is 9.25. The first-order valence-electron chi connectivity index (χ1n) is 11.3. The first-order chi connectivity index (χ1) is 15.1. The zero-order valence-corrected chi connectivity index (χ0v) is 18.9. The minimum absolute atomic E-state index is 0.00886. The molecule has 10 heteroatoms. The maximum atomic E-state index is 13.9. The van der Waals surface area contributed by atoms with Crippen LogP contribution in [0.3, 0.4) is 0 Å². The molecule has 1 aromatic heterocycles. The molecule has 0 bridgehead atoms. The predicted molar refractivity (Wildman–Crippen MR) is 120 cm³/mol. The Hall–Kier alpha value is -2.62. The molecule has 0 atom stereocenters. The fraction of sp³-hybridized carbons (Fsp3) is 0.636. The van der Waals surface area contributed by atoms with Crippen molar-refractivity contribution >= 4 is 17.4 Å². The van der Waals surface area contributed by atoms with Crippen LogP contribution in [0, 0.1) is 12.8 Å². The molecule has 0 radical (unpaired) electrons. The Morgan fingerprint density at radius 1 is 1.25 bits per heavy atom. The monoisotopic (exact) mass is 449 g/mol. The van der Waals surface area contributed by atoms with E-state index in [4.69, 9.17) is 11.6 Å². The number of carbonyl (C=O) groups is 1. The van der Waals surface area contributed by atoms with Crippen LogP contribution < -0.4 is 16.5 Å². The number of hydrogen-bond acceptors (Lipinski definition) is 6. The number of hydrazine groups is 1. The lowest BCUT2D eigenvalue weighted by molar-refractivity contribution is -0.0117. The summed E-state index contributed by atoms with van der Waals surface area (Å²) in [4.78, 5) is 22.7. The number of nitrogens with zero attached hydrogens (tertiary/aromatic N) is 5. The van der Waals surface area contributed by atoms with Crippen molar-refractivity contribution in [3.63, 3.8) is 0 Å². The van der Waals surface area contributed by atoms with E-state index < -0.39 is 5.92 Å². The number of rotatable bonds is 7. The smallest absolute Gasteiger partial charge is 0.320 e. The molecule has 3 fully saturated rings. The van der Waals surface area contributed by atoms with Crippen molar-refractivity contribution < 1.29 is 13.6 Å². The van der Waals surface area contributed by atoms with Gasteiger partial charge in [-0.1, -0.05) is 0 Å². The van der Waals surface area contributed by atoms with Gasteiger partial charge in [-0.15, -0.1) is 0 Å². The van der Waals surface area contributed by atoms with Gasteiger partial charge in [0.2, 0.25) is 0 Å². The highest BCUT2D eigenvalue weighted by Crippen LogP contribution is 2.32. The SMILES string of the molecule is Cc1nc(/C(N)=C(\CN2CCN(CC3CC3)C2=O)N(C)N)ccc1N1CCCC(F)(F)C1. The average Bonchev–Trinajstić information content (AvgIpc) is 3.48. The Kier molecular flexibility index (Phi) is 6.15. The van der Waals surface area contributed by atoms with Gasteiger partial charge in [0.25, 0.3) is 5.92 Å². The zero-order valence-electron chi connectivity index (χ0n) is 18.9. The second-order valence-electron chi connectivity index (χ2n) is 9.25. The van der Waals surface area contributed by atoms with E-state index in [1.807, 2.05) is 4.90 Å². The Morgan fingerprint density at radius 3 is 2.59 bits per heavy atom. The number of alkyl halides is 2. The van der Waals surface area contributed by atoms with Gasteiger partial charge in [0.15, 0.2) is 0 Å². The minimum atomic E-state index is -2.69. The fourth-order valence-electron chi connectivity index (χ4n) is 4.49. The summed E-state index contributed by atoms with van der Waals surface area (Å²) in [5.74, 6) is 4.02. The summed E-state index contributed by atoms with van der Waals surface area (Å²) in [7, 11) is 1.68. The van der Waals surface area contributed by atoms with E-state index in [1.54, 1.807) is 35.9 Å². The van der Waals surface area contributed by atoms with Crippen LogP contribution in [-0.2, 0) is 0 Å². The van der Waals surface area contributed by atoms with Gasteiger partial charge in [-0.05, 0) is 44.2 Å². The van der Waals surface area contributed by atoms with Crippen LogP contribution in [0.15, 0.2) is 17.8 Å². The molecule has 4 rings (SSSR count). The van der Waals surface area contributed by atoms with Crippen molar-refractivity contribution in [2.24, 2.45) is 17.5 Å². The van der Waals surface area contributed by atoms with Gasteiger partial charge >= 0.3 is 6.03 Å². The maximum absolute atomic E-state index is 13.9. The Labute approximate surface area is 187 Å². The molecule has 0 aromatic carbocycles. The number of amides is 2. The molecular formula is C22H33F2N7O. The van der Waals surface area contributed by atoms with E-state index in [-0.39, 0.29) is 19.0 Å². The molecule has 8 nitrogen and oxygen atoms in total. The largest absolute Gasteiger partial charge is 0.395 e. The quantitative estimate of drug-likeness (QED) is 0.490. The van der Waals surface area contributed by atoms with Gasteiger partial charge < -0.3 is 25.4 Å². The molecule has 0 spiro atoms.